The predicted molar refractivity (Wildman–Crippen MR) is 123 cm³/mol. The van der Waals surface area contributed by atoms with E-state index in [2.05, 4.69) is 9.97 Å². The summed E-state index contributed by atoms with van der Waals surface area (Å²) in [5.41, 5.74) is -1.97. The summed E-state index contributed by atoms with van der Waals surface area (Å²) < 4.78 is 68.4. The minimum absolute atomic E-state index is 0.00532. The molecule has 1 aromatic carbocycles. The third kappa shape index (κ3) is 4.46. The van der Waals surface area contributed by atoms with Crippen LogP contribution in [0, 0.1) is 6.92 Å². The van der Waals surface area contributed by atoms with Gasteiger partial charge in [0.15, 0.2) is 5.65 Å². The third-order valence-electron chi connectivity index (χ3n) is 5.23. The quantitative estimate of drug-likeness (QED) is 0.329. The monoisotopic (exact) mass is 543 g/mol. The zero-order chi connectivity index (χ0) is 25.7. The van der Waals surface area contributed by atoms with Crippen LogP contribution in [0.25, 0.3) is 11.0 Å². The molecule has 35 heavy (non-hydrogen) atoms. The highest BCUT2D eigenvalue weighted by Gasteiger charge is 2.35. The number of fused-ring (bicyclic) bond motifs is 1. The number of pyridine rings is 2. The van der Waals surface area contributed by atoms with Crippen molar-refractivity contribution in [2.24, 2.45) is 0 Å². The average molecular weight is 544 g/mol. The first-order valence-corrected chi connectivity index (χ1v) is 12.0. The summed E-state index contributed by atoms with van der Waals surface area (Å²) in [5.74, 6) is -1.38. The van der Waals surface area contributed by atoms with Crippen LogP contribution in [0.1, 0.15) is 32.9 Å². The minimum atomic E-state index is -4.82. The highest BCUT2D eigenvalue weighted by molar-refractivity contribution is 7.90. The Hall–Kier alpha value is -3.15. The highest BCUT2D eigenvalue weighted by Crippen LogP contribution is 2.35. The van der Waals surface area contributed by atoms with E-state index in [0.29, 0.717) is 3.97 Å². The molecule has 0 spiro atoms. The Bertz CT molecular complexity index is 1590. The summed E-state index contributed by atoms with van der Waals surface area (Å²) in [6.45, 7) is 1.40. The van der Waals surface area contributed by atoms with Gasteiger partial charge in [0.05, 0.1) is 15.5 Å². The van der Waals surface area contributed by atoms with Crippen molar-refractivity contribution in [3.05, 3.63) is 86.9 Å². The van der Waals surface area contributed by atoms with Crippen molar-refractivity contribution in [1.29, 1.82) is 0 Å². The van der Waals surface area contributed by atoms with Gasteiger partial charge in [0.25, 0.3) is 10.0 Å². The van der Waals surface area contributed by atoms with Crippen LogP contribution in [0.15, 0.2) is 53.6 Å². The lowest BCUT2D eigenvalue weighted by molar-refractivity contribution is -0.141. The van der Waals surface area contributed by atoms with E-state index in [9.17, 15) is 31.5 Å². The summed E-state index contributed by atoms with van der Waals surface area (Å²) >= 11 is 12.4. The van der Waals surface area contributed by atoms with Gasteiger partial charge in [0.2, 0.25) is 0 Å². The molecule has 0 unspecified atom stereocenters. The van der Waals surface area contributed by atoms with Gasteiger partial charge < -0.3 is 5.11 Å². The fourth-order valence-electron chi connectivity index (χ4n) is 3.58. The lowest BCUT2D eigenvalue weighted by Gasteiger charge is -2.14. The number of nitrogens with zero attached hydrogens (tertiary/aromatic N) is 3. The van der Waals surface area contributed by atoms with Crippen LogP contribution in [0.3, 0.4) is 0 Å². The van der Waals surface area contributed by atoms with E-state index in [1.807, 2.05) is 0 Å². The van der Waals surface area contributed by atoms with Crippen LogP contribution in [0.4, 0.5) is 13.2 Å². The van der Waals surface area contributed by atoms with Gasteiger partial charge in [-0.3, -0.25) is 0 Å². The van der Waals surface area contributed by atoms with Crippen molar-refractivity contribution in [1.82, 2.24) is 13.9 Å². The molecular weight excluding hydrogens is 530 g/mol. The van der Waals surface area contributed by atoms with Gasteiger partial charge in [-0.15, -0.1) is 0 Å². The lowest BCUT2D eigenvalue weighted by Crippen LogP contribution is -2.18. The maximum atomic E-state index is 13.6. The van der Waals surface area contributed by atoms with Crippen molar-refractivity contribution in [3.8, 4) is 0 Å². The van der Waals surface area contributed by atoms with E-state index in [1.54, 1.807) is 6.07 Å². The maximum absolute atomic E-state index is 13.6. The van der Waals surface area contributed by atoms with Crippen LogP contribution in [0.5, 0.6) is 0 Å². The topological polar surface area (TPSA) is 102 Å². The number of alkyl halides is 3. The van der Waals surface area contributed by atoms with Crippen molar-refractivity contribution in [3.63, 3.8) is 0 Å². The molecule has 4 rings (SSSR count). The number of carbonyl (C=O) groups is 1. The van der Waals surface area contributed by atoms with E-state index < -0.39 is 33.5 Å². The molecule has 0 atom stereocenters. The molecule has 1 N–H and O–H groups in total. The molecule has 0 amide bonds. The number of hydrogen-bond acceptors (Lipinski definition) is 5. The number of carboxylic acid groups (broad SMARTS) is 1. The first-order chi connectivity index (χ1) is 16.3. The molecule has 13 heteroatoms. The number of carboxylic acids is 1. The summed E-state index contributed by atoms with van der Waals surface area (Å²) in [5, 5.41) is 9.05. The second kappa shape index (κ2) is 8.81. The number of rotatable bonds is 5. The zero-order valence-electron chi connectivity index (χ0n) is 17.6. The fourth-order valence-corrected chi connectivity index (χ4v) is 5.63. The number of benzene rings is 1. The first kappa shape index (κ1) is 25.0. The molecule has 3 aromatic heterocycles. The highest BCUT2D eigenvalue weighted by atomic mass is 35.5. The first-order valence-electron chi connectivity index (χ1n) is 9.78. The molecule has 0 radical (unpaired) electrons. The number of halogens is 5. The standard InChI is InChI=1S/C22H14Cl2F3N3O4S/c1-11-7-17(22(25,26)27)29-20-14(11)8-12(30(20)35(33,34)13-5-3-2-4-6-13)9-15-18(23)16(21(31)32)10-28-19(15)24/h2-8,10H,9H2,1H3,(H,31,32). The summed E-state index contributed by atoms with van der Waals surface area (Å²) in [4.78, 5) is 18.7. The van der Waals surface area contributed by atoms with Gasteiger partial charge in [-0.25, -0.2) is 27.2 Å². The van der Waals surface area contributed by atoms with Gasteiger partial charge in [0.1, 0.15) is 10.8 Å². The second-order valence-electron chi connectivity index (χ2n) is 7.51. The maximum Gasteiger partial charge on any atom is 0.433 e. The molecule has 0 fully saturated rings. The van der Waals surface area contributed by atoms with Crippen LogP contribution in [-0.2, 0) is 22.6 Å². The number of aromatic nitrogens is 3. The third-order valence-corrected chi connectivity index (χ3v) is 7.74. The summed E-state index contributed by atoms with van der Waals surface area (Å²) in [6.07, 6.45) is -4.22. The van der Waals surface area contributed by atoms with Crippen molar-refractivity contribution < 1.29 is 31.5 Å². The lowest BCUT2D eigenvalue weighted by atomic mass is 10.1. The average Bonchev–Trinajstić information content (AvgIpc) is 3.16. The van der Waals surface area contributed by atoms with Crippen molar-refractivity contribution in [2.45, 2.75) is 24.4 Å². The van der Waals surface area contributed by atoms with Gasteiger partial charge in [0, 0.05) is 29.3 Å². The second-order valence-corrected chi connectivity index (χ2v) is 10.0. The molecule has 3 heterocycles. The number of hydrogen-bond donors (Lipinski definition) is 1. The van der Waals surface area contributed by atoms with Gasteiger partial charge >= 0.3 is 12.1 Å². The Morgan fingerprint density at radius 3 is 2.40 bits per heavy atom. The molecule has 0 bridgehead atoms. The molecular formula is C22H14Cl2F3N3O4S. The SMILES string of the molecule is Cc1cc(C(F)(F)F)nc2c1cc(Cc1c(Cl)ncc(C(=O)O)c1Cl)n2S(=O)(=O)c1ccccc1. The predicted octanol–water partition coefficient (Wildman–Crippen LogP) is 5.59. The van der Waals surface area contributed by atoms with Crippen molar-refractivity contribution >= 4 is 50.2 Å². The molecule has 4 aromatic rings. The fraction of sp³-hybridized carbons (Fsp3) is 0.136. The molecule has 0 aliphatic carbocycles. The Kier molecular flexibility index (Phi) is 6.28. The van der Waals surface area contributed by atoms with E-state index in [4.69, 9.17) is 23.2 Å². The molecule has 0 aliphatic rings. The molecule has 0 saturated carbocycles. The summed E-state index contributed by atoms with van der Waals surface area (Å²) in [7, 11) is -4.44. The van der Waals surface area contributed by atoms with E-state index in [-0.39, 0.29) is 49.3 Å². The number of aryl methyl sites for hydroxylation is 1. The van der Waals surface area contributed by atoms with Gasteiger partial charge in [-0.2, -0.15) is 13.2 Å². The van der Waals surface area contributed by atoms with E-state index in [0.717, 1.165) is 12.3 Å². The van der Waals surface area contributed by atoms with Gasteiger partial charge in [-0.1, -0.05) is 41.4 Å². The minimum Gasteiger partial charge on any atom is -0.478 e. The molecule has 0 saturated heterocycles. The van der Waals surface area contributed by atoms with Crippen LogP contribution in [-0.4, -0.2) is 33.4 Å². The van der Waals surface area contributed by atoms with E-state index in [1.165, 1.54) is 37.3 Å². The summed E-state index contributed by atoms with van der Waals surface area (Å²) in [6, 6.07) is 9.27. The van der Waals surface area contributed by atoms with Crippen LogP contribution >= 0.6 is 23.2 Å². The largest absolute Gasteiger partial charge is 0.478 e. The number of aromatic carboxylic acids is 1. The van der Waals surface area contributed by atoms with E-state index >= 15 is 0 Å². The van der Waals surface area contributed by atoms with Gasteiger partial charge in [-0.05, 0) is 36.8 Å². The molecule has 0 aliphatic heterocycles. The Morgan fingerprint density at radius 1 is 1.14 bits per heavy atom. The Morgan fingerprint density at radius 2 is 1.80 bits per heavy atom. The zero-order valence-corrected chi connectivity index (χ0v) is 20.0. The van der Waals surface area contributed by atoms with Crippen LogP contribution in [0.2, 0.25) is 10.2 Å². The molecule has 7 nitrogen and oxygen atoms in total. The Balaban J connectivity index is 2.06. The Labute approximate surface area is 206 Å². The van der Waals surface area contributed by atoms with Crippen LogP contribution < -0.4 is 0 Å². The smallest absolute Gasteiger partial charge is 0.433 e. The molecule has 182 valence electrons. The normalized spacial score (nSPS) is 12.3. The van der Waals surface area contributed by atoms with Crippen molar-refractivity contribution in [2.75, 3.05) is 0 Å².